The fourth-order valence-corrected chi connectivity index (χ4v) is 4.87. The van der Waals surface area contributed by atoms with E-state index in [9.17, 15) is 0 Å². The van der Waals surface area contributed by atoms with Gasteiger partial charge in [0.25, 0.3) is 0 Å². The van der Waals surface area contributed by atoms with Crippen LogP contribution in [0.15, 0.2) is 24.3 Å². The Labute approximate surface area is 130 Å². The summed E-state index contributed by atoms with van der Waals surface area (Å²) in [6.07, 6.45) is 2.09. The molecule has 4 heteroatoms. The first-order valence-corrected chi connectivity index (χ1v) is 8.01. The van der Waals surface area contributed by atoms with Crippen LogP contribution in [0.1, 0.15) is 38.4 Å². The Balaban J connectivity index is 1.95. The Morgan fingerprint density at radius 2 is 1.95 bits per heavy atom. The summed E-state index contributed by atoms with van der Waals surface area (Å²) in [7, 11) is 0. The molecule has 1 aromatic heterocycles. The molecular weight excluding hydrogens is 278 g/mol. The summed E-state index contributed by atoms with van der Waals surface area (Å²) in [5.41, 5.74) is 4.05. The lowest BCUT2D eigenvalue weighted by atomic mass is 9.76. The first-order valence-electron chi connectivity index (χ1n) is 7.61. The molecule has 1 aromatic carbocycles. The molecule has 0 radical (unpaired) electrons. The number of hydrogen-bond acceptors (Lipinski definition) is 1. The van der Waals surface area contributed by atoms with Crippen LogP contribution in [0.2, 0.25) is 0 Å². The van der Waals surface area contributed by atoms with Gasteiger partial charge in [-0.3, -0.25) is 0 Å². The number of H-pyrrole nitrogens is 1. The van der Waals surface area contributed by atoms with Crippen LogP contribution in [-0.2, 0) is 12.0 Å². The number of rotatable bonds is 0. The van der Waals surface area contributed by atoms with Crippen molar-refractivity contribution in [2.45, 2.75) is 44.7 Å². The molecule has 1 unspecified atom stereocenters. The molecule has 3 nitrogen and oxygen atoms in total. The molecule has 1 fully saturated rings. The Hall–Kier alpha value is -1.55. The highest BCUT2D eigenvalue weighted by Gasteiger charge is 2.49. The third-order valence-electron chi connectivity index (χ3n) is 5.01. The van der Waals surface area contributed by atoms with Crippen LogP contribution in [0.25, 0.3) is 10.9 Å². The highest BCUT2D eigenvalue weighted by molar-refractivity contribution is 7.80. The van der Waals surface area contributed by atoms with Gasteiger partial charge in [0.05, 0.1) is 5.54 Å². The van der Waals surface area contributed by atoms with Crippen molar-refractivity contribution in [2.75, 3.05) is 6.54 Å². The topological polar surface area (TPSA) is 31.1 Å². The summed E-state index contributed by atoms with van der Waals surface area (Å²) >= 11 is 5.64. The van der Waals surface area contributed by atoms with E-state index >= 15 is 0 Å². The summed E-state index contributed by atoms with van der Waals surface area (Å²) in [5.74, 6) is 0. The minimum atomic E-state index is -0.0432. The lowest BCUT2D eigenvalue weighted by molar-refractivity contribution is 0.0942. The van der Waals surface area contributed by atoms with E-state index in [1.807, 2.05) is 0 Å². The van der Waals surface area contributed by atoms with Crippen molar-refractivity contribution in [3.8, 4) is 0 Å². The molecule has 21 heavy (non-hydrogen) atoms. The van der Waals surface area contributed by atoms with Gasteiger partial charge in [-0.15, -0.1) is 0 Å². The Kier molecular flexibility index (Phi) is 2.51. The molecule has 0 spiro atoms. The molecular formula is C17H21N3S. The van der Waals surface area contributed by atoms with Crippen LogP contribution in [-0.4, -0.2) is 27.1 Å². The summed E-state index contributed by atoms with van der Waals surface area (Å²) in [6.45, 7) is 7.79. The van der Waals surface area contributed by atoms with Gasteiger partial charge in [0.2, 0.25) is 0 Å². The van der Waals surface area contributed by atoms with Crippen LogP contribution in [0, 0.1) is 0 Å². The first-order chi connectivity index (χ1) is 9.91. The van der Waals surface area contributed by atoms with Crippen LogP contribution >= 0.6 is 12.2 Å². The average molecular weight is 299 g/mol. The fraction of sp³-hybridized carbons (Fsp3) is 0.471. The van der Waals surface area contributed by atoms with Crippen LogP contribution in [0.5, 0.6) is 0 Å². The van der Waals surface area contributed by atoms with E-state index in [2.05, 4.69) is 60.2 Å². The monoisotopic (exact) mass is 299 g/mol. The van der Waals surface area contributed by atoms with Crippen molar-refractivity contribution in [2.24, 2.45) is 0 Å². The number of hydrogen-bond donors (Lipinski definition) is 2. The molecule has 110 valence electrons. The minimum absolute atomic E-state index is 0.0221. The minimum Gasteiger partial charge on any atom is -0.358 e. The number of nitrogens with zero attached hydrogens (tertiary/aromatic N) is 1. The number of fused-ring (bicyclic) bond motifs is 5. The van der Waals surface area contributed by atoms with Gasteiger partial charge in [0, 0.05) is 28.7 Å². The van der Waals surface area contributed by atoms with Crippen molar-refractivity contribution in [3.63, 3.8) is 0 Å². The molecule has 2 aliphatic rings. The van der Waals surface area contributed by atoms with E-state index in [4.69, 9.17) is 12.2 Å². The van der Waals surface area contributed by atoms with E-state index in [1.54, 1.807) is 0 Å². The Bertz CT molecular complexity index is 746. The van der Waals surface area contributed by atoms with Gasteiger partial charge in [0.15, 0.2) is 5.11 Å². The van der Waals surface area contributed by atoms with Gasteiger partial charge < -0.3 is 15.2 Å². The largest absolute Gasteiger partial charge is 0.358 e. The molecule has 1 atom stereocenters. The third-order valence-corrected chi connectivity index (χ3v) is 5.33. The number of benzene rings is 1. The highest BCUT2D eigenvalue weighted by atomic mass is 32.1. The molecule has 1 saturated heterocycles. The maximum atomic E-state index is 5.64. The second kappa shape index (κ2) is 4.01. The number of aromatic nitrogens is 1. The van der Waals surface area contributed by atoms with Crippen molar-refractivity contribution in [1.29, 1.82) is 0 Å². The number of para-hydroxylation sites is 1. The SMILES string of the molecule is CC1(C)CC2(C)c3[nH]c4ccccc4c3CCN2C(=S)N1. The van der Waals surface area contributed by atoms with Crippen molar-refractivity contribution >= 4 is 28.2 Å². The summed E-state index contributed by atoms with van der Waals surface area (Å²) < 4.78 is 0. The second-order valence-electron chi connectivity index (χ2n) is 7.19. The van der Waals surface area contributed by atoms with E-state index in [1.165, 1.54) is 22.2 Å². The molecule has 0 amide bonds. The number of nitrogens with one attached hydrogen (secondary N) is 2. The molecule has 2 N–H and O–H groups in total. The molecule has 0 bridgehead atoms. The Morgan fingerprint density at radius 3 is 2.76 bits per heavy atom. The van der Waals surface area contributed by atoms with E-state index in [0.29, 0.717) is 0 Å². The zero-order chi connectivity index (χ0) is 14.8. The van der Waals surface area contributed by atoms with E-state index < -0.39 is 0 Å². The second-order valence-corrected chi connectivity index (χ2v) is 7.58. The average Bonchev–Trinajstić information content (AvgIpc) is 2.77. The fourth-order valence-electron chi connectivity index (χ4n) is 4.30. The normalized spacial score (nSPS) is 27.2. The molecule has 3 heterocycles. The van der Waals surface area contributed by atoms with Crippen LogP contribution in [0.4, 0.5) is 0 Å². The predicted molar refractivity (Wildman–Crippen MR) is 90.5 cm³/mol. The van der Waals surface area contributed by atoms with Crippen molar-refractivity contribution in [3.05, 3.63) is 35.5 Å². The standard InChI is InChI=1S/C17H21N3S/c1-16(2)10-17(3)14-12(8-9-20(17)15(21)19-16)11-6-4-5-7-13(11)18-14/h4-7,18H,8-10H2,1-3H3,(H,19,21). The zero-order valence-electron chi connectivity index (χ0n) is 12.8. The molecule has 0 aliphatic carbocycles. The van der Waals surface area contributed by atoms with E-state index in [-0.39, 0.29) is 11.1 Å². The zero-order valence-corrected chi connectivity index (χ0v) is 13.6. The molecule has 2 aromatic rings. The lowest BCUT2D eigenvalue weighted by Crippen LogP contribution is -2.66. The van der Waals surface area contributed by atoms with Gasteiger partial charge in [-0.2, -0.15) is 0 Å². The molecule has 4 rings (SSSR count). The van der Waals surface area contributed by atoms with Crippen molar-refractivity contribution in [1.82, 2.24) is 15.2 Å². The quantitative estimate of drug-likeness (QED) is 0.732. The first kappa shape index (κ1) is 13.1. The van der Waals surface area contributed by atoms with Gasteiger partial charge in [-0.05, 0) is 57.5 Å². The van der Waals surface area contributed by atoms with Gasteiger partial charge in [0.1, 0.15) is 0 Å². The summed E-state index contributed by atoms with van der Waals surface area (Å²) in [4.78, 5) is 6.05. The number of aromatic amines is 1. The lowest BCUT2D eigenvalue weighted by Gasteiger charge is -2.54. The number of thiocarbonyl (C=S) groups is 1. The van der Waals surface area contributed by atoms with Gasteiger partial charge in [-0.25, -0.2) is 0 Å². The maximum Gasteiger partial charge on any atom is 0.170 e. The molecule has 2 aliphatic heterocycles. The van der Waals surface area contributed by atoms with E-state index in [0.717, 1.165) is 24.5 Å². The summed E-state index contributed by atoms with van der Waals surface area (Å²) in [6, 6.07) is 8.63. The summed E-state index contributed by atoms with van der Waals surface area (Å²) in [5, 5.41) is 5.75. The maximum absolute atomic E-state index is 5.64. The van der Waals surface area contributed by atoms with Gasteiger partial charge >= 0.3 is 0 Å². The smallest absolute Gasteiger partial charge is 0.170 e. The van der Waals surface area contributed by atoms with Gasteiger partial charge in [-0.1, -0.05) is 18.2 Å². The third kappa shape index (κ3) is 1.75. The Morgan fingerprint density at radius 1 is 1.19 bits per heavy atom. The van der Waals surface area contributed by atoms with Crippen LogP contribution in [0.3, 0.4) is 0 Å². The molecule has 0 saturated carbocycles. The predicted octanol–water partition coefficient (Wildman–Crippen LogP) is 3.30. The highest BCUT2D eigenvalue weighted by Crippen LogP contribution is 2.45. The van der Waals surface area contributed by atoms with Crippen LogP contribution < -0.4 is 5.32 Å². The van der Waals surface area contributed by atoms with Crippen molar-refractivity contribution < 1.29 is 0 Å².